The zero-order valence-electron chi connectivity index (χ0n) is 8.62. The van der Waals surface area contributed by atoms with Crippen LogP contribution >= 0.6 is 11.6 Å². The van der Waals surface area contributed by atoms with Crippen LogP contribution in [0, 0.1) is 11.6 Å². The molecule has 0 aliphatic heterocycles. The molecule has 2 nitrogen and oxygen atoms in total. The first-order valence-corrected chi connectivity index (χ1v) is 5.34. The minimum Gasteiger partial charge on any atom is -0.487 e. The van der Waals surface area contributed by atoms with Crippen LogP contribution in [0.25, 0.3) is 0 Å². The maximum absolute atomic E-state index is 12.9. The van der Waals surface area contributed by atoms with Gasteiger partial charge in [0.05, 0.1) is 5.38 Å². The van der Waals surface area contributed by atoms with Gasteiger partial charge in [-0.3, -0.25) is 0 Å². The van der Waals surface area contributed by atoms with E-state index in [9.17, 15) is 8.78 Å². The molecule has 3 unspecified atom stereocenters. The quantitative estimate of drug-likeness (QED) is 0.766. The molecule has 0 saturated heterocycles. The van der Waals surface area contributed by atoms with E-state index in [1.165, 1.54) is 6.07 Å². The van der Waals surface area contributed by atoms with Gasteiger partial charge in [-0.2, -0.15) is 0 Å². The van der Waals surface area contributed by atoms with Crippen molar-refractivity contribution in [1.29, 1.82) is 0 Å². The van der Waals surface area contributed by atoms with Crippen LogP contribution in [0.5, 0.6) is 5.75 Å². The van der Waals surface area contributed by atoms with Crippen LogP contribution in [-0.2, 0) is 4.74 Å². The summed E-state index contributed by atoms with van der Waals surface area (Å²) in [6.07, 6.45) is 0.242. The predicted octanol–water partition coefficient (Wildman–Crippen LogP) is 2.74. The number of methoxy groups -OCH3 is 1. The molecule has 0 aromatic heterocycles. The fraction of sp³-hybridized carbons (Fsp3) is 0.455. The molecule has 88 valence electrons. The summed E-state index contributed by atoms with van der Waals surface area (Å²) in [5.74, 6) is -1.53. The van der Waals surface area contributed by atoms with E-state index in [0.29, 0.717) is 6.42 Å². The Morgan fingerprint density at radius 3 is 2.62 bits per heavy atom. The van der Waals surface area contributed by atoms with Crippen molar-refractivity contribution in [1.82, 2.24) is 0 Å². The van der Waals surface area contributed by atoms with Gasteiger partial charge in [-0.15, -0.1) is 11.6 Å². The Labute approximate surface area is 97.1 Å². The molecule has 0 spiro atoms. The second-order valence-electron chi connectivity index (χ2n) is 3.68. The lowest BCUT2D eigenvalue weighted by Gasteiger charge is -2.39. The van der Waals surface area contributed by atoms with Crippen molar-refractivity contribution < 1.29 is 18.3 Å². The molecule has 0 amide bonds. The van der Waals surface area contributed by atoms with E-state index in [-0.39, 0.29) is 23.3 Å². The molecule has 0 N–H and O–H groups in total. The summed E-state index contributed by atoms with van der Waals surface area (Å²) in [6.45, 7) is 0. The van der Waals surface area contributed by atoms with Gasteiger partial charge in [-0.05, 0) is 12.1 Å². The number of rotatable bonds is 3. The summed E-state index contributed by atoms with van der Waals surface area (Å²) in [4.78, 5) is 0. The van der Waals surface area contributed by atoms with Crippen molar-refractivity contribution in [2.75, 3.05) is 7.11 Å². The Bertz CT molecular complexity index is 386. The van der Waals surface area contributed by atoms with Crippen molar-refractivity contribution in [2.24, 2.45) is 0 Å². The normalized spacial score (nSPS) is 28.6. The highest BCUT2D eigenvalue weighted by Gasteiger charge is 2.42. The first-order valence-electron chi connectivity index (χ1n) is 4.90. The highest BCUT2D eigenvalue weighted by atomic mass is 35.5. The lowest BCUT2D eigenvalue weighted by molar-refractivity contribution is -0.0584. The summed E-state index contributed by atoms with van der Waals surface area (Å²) >= 11 is 5.89. The Balaban J connectivity index is 2.02. The molecule has 1 aromatic carbocycles. The van der Waals surface area contributed by atoms with Crippen molar-refractivity contribution in [3.63, 3.8) is 0 Å². The second kappa shape index (κ2) is 4.55. The standard InChI is InChI=1S/C11H11ClF2O2/c1-15-11-7(12)5-10(11)16-6-2-3-8(13)9(14)4-6/h2-4,7,10-11H,5H2,1H3. The number of halogens is 3. The highest BCUT2D eigenvalue weighted by molar-refractivity contribution is 6.21. The van der Waals surface area contributed by atoms with E-state index in [1.54, 1.807) is 7.11 Å². The summed E-state index contributed by atoms with van der Waals surface area (Å²) in [6, 6.07) is 3.43. The number of hydrogen-bond acceptors (Lipinski definition) is 2. The minimum absolute atomic E-state index is 0.0831. The van der Waals surface area contributed by atoms with Gasteiger partial charge in [0.1, 0.15) is 18.0 Å². The number of hydrogen-bond donors (Lipinski definition) is 0. The fourth-order valence-corrected chi connectivity index (χ4v) is 2.11. The summed E-state index contributed by atoms with van der Waals surface area (Å²) in [5.41, 5.74) is 0. The largest absolute Gasteiger partial charge is 0.487 e. The third-order valence-corrected chi connectivity index (χ3v) is 3.06. The minimum atomic E-state index is -0.923. The van der Waals surface area contributed by atoms with Crippen LogP contribution in [0.4, 0.5) is 8.78 Å². The van der Waals surface area contributed by atoms with Gasteiger partial charge in [0.15, 0.2) is 11.6 Å². The van der Waals surface area contributed by atoms with E-state index >= 15 is 0 Å². The molecule has 2 rings (SSSR count). The maximum Gasteiger partial charge on any atom is 0.162 e. The first-order chi connectivity index (χ1) is 7.61. The first kappa shape index (κ1) is 11.6. The van der Waals surface area contributed by atoms with Crippen molar-refractivity contribution in [2.45, 2.75) is 24.0 Å². The van der Waals surface area contributed by atoms with Crippen molar-refractivity contribution in [3.05, 3.63) is 29.8 Å². The Kier molecular flexibility index (Phi) is 3.30. The third kappa shape index (κ3) is 2.13. The zero-order chi connectivity index (χ0) is 11.7. The Hall–Kier alpha value is -0.870. The van der Waals surface area contributed by atoms with Crippen molar-refractivity contribution in [3.8, 4) is 5.75 Å². The molecule has 1 aliphatic rings. The van der Waals surface area contributed by atoms with E-state index in [0.717, 1.165) is 12.1 Å². The molecule has 0 radical (unpaired) electrons. The lowest BCUT2D eigenvalue weighted by atomic mass is 9.91. The SMILES string of the molecule is COC1C(Cl)CC1Oc1ccc(F)c(F)c1. The fourth-order valence-electron chi connectivity index (χ4n) is 1.67. The maximum atomic E-state index is 12.9. The van der Waals surface area contributed by atoms with Crippen LogP contribution < -0.4 is 4.74 Å². The molecule has 1 fully saturated rings. The van der Waals surface area contributed by atoms with Gasteiger partial charge >= 0.3 is 0 Å². The number of ether oxygens (including phenoxy) is 2. The molecular weight excluding hydrogens is 238 g/mol. The molecule has 1 saturated carbocycles. The van der Waals surface area contributed by atoms with Gasteiger partial charge in [-0.25, -0.2) is 8.78 Å². The Morgan fingerprint density at radius 2 is 2.06 bits per heavy atom. The zero-order valence-corrected chi connectivity index (χ0v) is 9.38. The van der Waals surface area contributed by atoms with E-state index in [4.69, 9.17) is 21.1 Å². The van der Waals surface area contributed by atoms with Crippen LogP contribution in [-0.4, -0.2) is 24.7 Å². The third-order valence-electron chi connectivity index (χ3n) is 2.63. The van der Waals surface area contributed by atoms with Gasteiger partial charge in [0.2, 0.25) is 0 Å². The number of alkyl halides is 1. The molecular formula is C11H11ClF2O2. The molecule has 1 aromatic rings. The van der Waals surface area contributed by atoms with E-state index in [1.807, 2.05) is 0 Å². The predicted molar refractivity (Wildman–Crippen MR) is 55.8 cm³/mol. The molecule has 3 atom stereocenters. The monoisotopic (exact) mass is 248 g/mol. The van der Waals surface area contributed by atoms with Crippen LogP contribution in [0.1, 0.15) is 6.42 Å². The van der Waals surface area contributed by atoms with Crippen molar-refractivity contribution >= 4 is 11.6 Å². The Morgan fingerprint density at radius 1 is 1.31 bits per heavy atom. The average Bonchev–Trinajstić information content (AvgIpc) is 2.23. The van der Waals surface area contributed by atoms with E-state index < -0.39 is 11.6 Å². The summed E-state index contributed by atoms with van der Waals surface area (Å²) < 4.78 is 36.1. The molecule has 0 bridgehead atoms. The van der Waals surface area contributed by atoms with Gasteiger partial charge in [-0.1, -0.05) is 0 Å². The topological polar surface area (TPSA) is 18.5 Å². The second-order valence-corrected chi connectivity index (χ2v) is 4.24. The summed E-state index contributed by atoms with van der Waals surface area (Å²) in [7, 11) is 1.54. The lowest BCUT2D eigenvalue weighted by Crippen LogP contribution is -2.52. The van der Waals surface area contributed by atoms with Crippen LogP contribution in [0.15, 0.2) is 18.2 Å². The molecule has 16 heavy (non-hydrogen) atoms. The smallest absolute Gasteiger partial charge is 0.162 e. The summed E-state index contributed by atoms with van der Waals surface area (Å²) in [5, 5.41) is -0.0831. The highest BCUT2D eigenvalue weighted by Crippen LogP contribution is 2.32. The number of benzene rings is 1. The van der Waals surface area contributed by atoms with Gasteiger partial charge < -0.3 is 9.47 Å². The van der Waals surface area contributed by atoms with Crippen LogP contribution in [0.2, 0.25) is 0 Å². The average molecular weight is 249 g/mol. The molecule has 0 heterocycles. The molecule has 5 heteroatoms. The van der Waals surface area contributed by atoms with E-state index in [2.05, 4.69) is 0 Å². The molecule has 1 aliphatic carbocycles. The van der Waals surface area contributed by atoms with Crippen LogP contribution in [0.3, 0.4) is 0 Å². The van der Waals surface area contributed by atoms with Gasteiger partial charge in [0, 0.05) is 19.6 Å². The van der Waals surface area contributed by atoms with Gasteiger partial charge in [0.25, 0.3) is 0 Å².